The third kappa shape index (κ3) is 2.19. The molecule has 1 heterocycles. The number of hydrogen-bond acceptors (Lipinski definition) is 3. The average molecular weight is 212 g/mol. The van der Waals surface area contributed by atoms with E-state index in [1.54, 1.807) is 0 Å². The van der Waals surface area contributed by atoms with Gasteiger partial charge in [-0.05, 0) is 39.2 Å². The van der Waals surface area contributed by atoms with Gasteiger partial charge >= 0.3 is 0 Å². The highest BCUT2D eigenvalue weighted by Gasteiger charge is 2.39. The van der Waals surface area contributed by atoms with Gasteiger partial charge in [-0.1, -0.05) is 6.42 Å². The molecule has 3 heteroatoms. The predicted molar refractivity (Wildman–Crippen MR) is 61.9 cm³/mol. The summed E-state index contributed by atoms with van der Waals surface area (Å²) in [6.07, 6.45) is 7.59. The van der Waals surface area contributed by atoms with E-state index in [2.05, 4.69) is 11.9 Å². The van der Waals surface area contributed by atoms with Gasteiger partial charge in [-0.2, -0.15) is 0 Å². The fraction of sp³-hybridized carbons (Fsp3) is 1.00. The van der Waals surface area contributed by atoms with Crippen LogP contribution in [-0.2, 0) is 4.74 Å². The number of nitrogens with two attached hydrogens (primary N) is 1. The van der Waals surface area contributed by atoms with E-state index in [4.69, 9.17) is 10.5 Å². The molecule has 3 nitrogen and oxygen atoms in total. The SMILES string of the molecule is CN(C1CCC1)C1(CN)CCCOCC1. The first-order valence-corrected chi connectivity index (χ1v) is 6.29. The van der Waals surface area contributed by atoms with Gasteiger partial charge in [0.1, 0.15) is 0 Å². The molecule has 1 atom stereocenters. The normalized spacial score (nSPS) is 33.8. The fourth-order valence-electron chi connectivity index (χ4n) is 2.85. The zero-order valence-corrected chi connectivity index (χ0v) is 9.87. The summed E-state index contributed by atoms with van der Waals surface area (Å²) in [6, 6.07) is 0.784. The van der Waals surface area contributed by atoms with Crippen molar-refractivity contribution < 1.29 is 4.74 Å². The number of hydrogen-bond donors (Lipinski definition) is 1. The van der Waals surface area contributed by atoms with E-state index < -0.39 is 0 Å². The van der Waals surface area contributed by atoms with E-state index in [0.29, 0.717) is 0 Å². The van der Waals surface area contributed by atoms with Gasteiger partial charge in [-0.25, -0.2) is 0 Å². The summed E-state index contributed by atoms with van der Waals surface area (Å²) in [5, 5.41) is 0. The third-order valence-electron chi connectivity index (χ3n) is 4.39. The highest BCUT2D eigenvalue weighted by Crippen LogP contribution is 2.34. The summed E-state index contributed by atoms with van der Waals surface area (Å²) in [6.45, 7) is 2.58. The lowest BCUT2D eigenvalue weighted by Crippen LogP contribution is -2.57. The molecule has 2 N–H and O–H groups in total. The first kappa shape index (κ1) is 11.4. The fourth-order valence-corrected chi connectivity index (χ4v) is 2.85. The molecule has 15 heavy (non-hydrogen) atoms. The Kier molecular flexibility index (Phi) is 3.65. The van der Waals surface area contributed by atoms with E-state index in [0.717, 1.165) is 38.6 Å². The van der Waals surface area contributed by atoms with Crippen molar-refractivity contribution in [2.24, 2.45) is 5.73 Å². The van der Waals surface area contributed by atoms with Gasteiger partial charge in [0.2, 0.25) is 0 Å². The standard InChI is InChI=1S/C12H24N2O/c1-14(11-4-2-5-11)12(10-13)6-3-8-15-9-7-12/h11H,2-10,13H2,1H3. The Labute approximate surface area is 93.0 Å². The van der Waals surface area contributed by atoms with E-state index in [-0.39, 0.29) is 5.54 Å². The van der Waals surface area contributed by atoms with E-state index in [9.17, 15) is 0 Å². The molecule has 2 aliphatic rings. The highest BCUT2D eigenvalue weighted by atomic mass is 16.5. The maximum atomic E-state index is 6.03. The Balaban J connectivity index is 2.03. The molecule has 0 amide bonds. The van der Waals surface area contributed by atoms with Crippen LogP contribution in [0.25, 0.3) is 0 Å². The second-order valence-electron chi connectivity index (χ2n) is 5.09. The molecule has 1 aliphatic heterocycles. The largest absolute Gasteiger partial charge is 0.381 e. The quantitative estimate of drug-likeness (QED) is 0.768. The zero-order valence-electron chi connectivity index (χ0n) is 9.87. The monoisotopic (exact) mass is 212 g/mol. The Hall–Kier alpha value is -0.120. The van der Waals surface area contributed by atoms with Crippen molar-refractivity contribution >= 4 is 0 Å². The molecule has 2 rings (SSSR count). The molecule has 0 aromatic heterocycles. The summed E-state index contributed by atoms with van der Waals surface area (Å²) in [5.74, 6) is 0. The van der Waals surface area contributed by atoms with Crippen LogP contribution in [0, 0.1) is 0 Å². The average Bonchev–Trinajstić information content (AvgIpc) is 2.40. The zero-order chi connectivity index (χ0) is 10.7. The van der Waals surface area contributed by atoms with Gasteiger partial charge in [0.15, 0.2) is 0 Å². The summed E-state index contributed by atoms with van der Waals surface area (Å²) >= 11 is 0. The van der Waals surface area contributed by atoms with Gasteiger partial charge in [0.25, 0.3) is 0 Å². The Morgan fingerprint density at radius 1 is 1.27 bits per heavy atom. The Morgan fingerprint density at radius 2 is 2.07 bits per heavy atom. The lowest BCUT2D eigenvalue weighted by Gasteiger charge is -2.48. The molecule has 1 saturated heterocycles. The van der Waals surface area contributed by atoms with Crippen LogP contribution in [0.2, 0.25) is 0 Å². The number of ether oxygens (including phenoxy) is 1. The van der Waals surface area contributed by atoms with Crippen molar-refractivity contribution in [1.29, 1.82) is 0 Å². The van der Waals surface area contributed by atoms with Crippen molar-refractivity contribution in [1.82, 2.24) is 4.90 Å². The second kappa shape index (κ2) is 4.81. The van der Waals surface area contributed by atoms with Crippen molar-refractivity contribution in [3.8, 4) is 0 Å². The molecular weight excluding hydrogens is 188 g/mol. The van der Waals surface area contributed by atoms with E-state index >= 15 is 0 Å². The van der Waals surface area contributed by atoms with Crippen molar-refractivity contribution in [2.75, 3.05) is 26.8 Å². The lowest BCUT2D eigenvalue weighted by atomic mass is 9.82. The number of nitrogens with zero attached hydrogens (tertiary/aromatic N) is 1. The molecule has 1 aliphatic carbocycles. The Bertz CT molecular complexity index is 196. The Morgan fingerprint density at radius 3 is 2.67 bits per heavy atom. The third-order valence-corrected chi connectivity index (χ3v) is 4.39. The van der Waals surface area contributed by atoms with Crippen molar-refractivity contribution in [3.63, 3.8) is 0 Å². The van der Waals surface area contributed by atoms with Gasteiger partial charge in [-0.3, -0.25) is 4.90 Å². The van der Waals surface area contributed by atoms with Crippen LogP contribution in [0.3, 0.4) is 0 Å². The second-order valence-corrected chi connectivity index (χ2v) is 5.09. The molecule has 0 radical (unpaired) electrons. The molecule has 0 aromatic rings. The molecule has 88 valence electrons. The first-order chi connectivity index (χ1) is 7.28. The van der Waals surface area contributed by atoms with Crippen molar-refractivity contribution in [2.45, 2.75) is 50.1 Å². The molecule has 0 bridgehead atoms. The minimum Gasteiger partial charge on any atom is -0.381 e. The number of rotatable bonds is 3. The summed E-state index contributed by atoms with van der Waals surface area (Å²) in [4.78, 5) is 2.56. The molecule has 0 aromatic carbocycles. The predicted octanol–water partition coefficient (Wildman–Crippen LogP) is 1.37. The van der Waals surface area contributed by atoms with Crippen LogP contribution >= 0.6 is 0 Å². The maximum Gasteiger partial charge on any atom is 0.0484 e. The summed E-state index contributed by atoms with van der Waals surface area (Å²) in [7, 11) is 2.27. The molecular formula is C12H24N2O. The van der Waals surface area contributed by atoms with Gasteiger partial charge in [-0.15, -0.1) is 0 Å². The van der Waals surface area contributed by atoms with Crippen LogP contribution in [0.1, 0.15) is 38.5 Å². The lowest BCUT2D eigenvalue weighted by molar-refractivity contribution is 0.0226. The maximum absolute atomic E-state index is 6.03. The van der Waals surface area contributed by atoms with Crippen LogP contribution in [0.4, 0.5) is 0 Å². The topological polar surface area (TPSA) is 38.5 Å². The van der Waals surface area contributed by atoms with Crippen molar-refractivity contribution in [3.05, 3.63) is 0 Å². The van der Waals surface area contributed by atoms with Gasteiger partial charge in [0, 0.05) is 31.3 Å². The highest BCUT2D eigenvalue weighted by molar-refractivity contribution is 4.96. The van der Waals surface area contributed by atoms with E-state index in [1.807, 2.05) is 0 Å². The smallest absolute Gasteiger partial charge is 0.0484 e. The summed E-state index contributed by atoms with van der Waals surface area (Å²) < 4.78 is 5.55. The van der Waals surface area contributed by atoms with Crippen LogP contribution < -0.4 is 5.73 Å². The van der Waals surface area contributed by atoms with Gasteiger partial charge < -0.3 is 10.5 Å². The summed E-state index contributed by atoms with van der Waals surface area (Å²) in [5.41, 5.74) is 6.25. The number of likely N-dealkylation sites (N-methyl/N-ethyl adjacent to an activating group) is 1. The van der Waals surface area contributed by atoms with Crippen LogP contribution in [0.15, 0.2) is 0 Å². The molecule has 1 unspecified atom stereocenters. The van der Waals surface area contributed by atoms with Crippen LogP contribution in [0.5, 0.6) is 0 Å². The molecule has 2 fully saturated rings. The molecule has 0 spiro atoms. The van der Waals surface area contributed by atoms with Gasteiger partial charge in [0.05, 0.1) is 0 Å². The molecule has 1 saturated carbocycles. The van der Waals surface area contributed by atoms with E-state index in [1.165, 1.54) is 25.7 Å². The minimum atomic E-state index is 0.224. The first-order valence-electron chi connectivity index (χ1n) is 6.29. The van der Waals surface area contributed by atoms with Crippen LogP contribution in [-0.4, -0.2) is 43.3 Å². The minimum absolute atomic E-state index is 0.224.